The molecular formula is C12H16BrN5. The first kappa shape index (κ1) is 11.8. The van der Waals surface area contributed by atoms with Crippen LogP contribution in [-0.4, -0.2) is 27.7 Å². The summed E-state index contributed by atoms with van der Waals surface area (Å²) in [5.74, 6) is 1.58. The molecule has 2 aromatic rings. The van der Waals surface area contributed by atoms with Crippen molar-refractivity contribution in [2.45, 2.75) is 26.2 Å². The lowest BCUT2D eigenvalue weighted by Crippen LogP contribution is -2.21. The Labute approximate surface area is 114 Å². The summed E-state index contributed by atoms with van der Waals surface area (Å²) in [7, 11) is 0. The molecule has 0 unspecified atom stereocenters. The molecule has 0 bridgehead atoms. The summed E-state index contributed by atoms with van der Waals surface area (Å²) < 4.78 is 2.56. The van der Waals surface area contributed by atoms with Crippen molar-refractivity contribution in [3.05, 3.63) is 16.2 Å². The van der Waals surface area contributed by atoms with Crippen molar-refractivity contribution in [1.82, 2.24) is 14.6 Å². The second-order valence-corrected chi connectivity index (χ2v) is 5.38. The molecule has 1 aliphatic heterocycles. The standard InChI is InChI=1S/C12H16BrN5/c1-2-8-7-15-18-10(14)9(13)12(16-11(8)18)17-5-3-4-6-17/h7H,2-6,14H2,1H3. The third kappa shape index (κ3) is 1.67. The quantitative estimate of drug-likeness (QED) is 0.924. The van der Waals surface area contributed by atoms with Crippen LogP contribution in [0.3, 0.4) is 0 Å². The van der Waals surface area contributed by atoms with E-state index in [0.717, 1.165) is 41.0 Å². The van der Waals surface area contributed by atoms with Crippen LogP contribution in [0.15, 0.2) is 10.7 Å². The van der Waals surface area contributed by atoms with Gasteiger partial charge in [-0.25, -0.2) is 4.98 Å². The molecule has 0 aliphatic carbocycles. The minimum absolute atomic E-state index is 0.626. The van der Waals surface area contributed by atoms with E-state index in [1.54, 1.807) is 4.52 Å². The van der Waals surface area contributed by atoms with Crippen molar-refractivity contribution in [3.63, 3.8) is 0 Å². The van der Waals surface area contributed by atoms with Crippen molar-refractivity contribution < 1.29 is 0 Å². The van der Waals surface area contributed by atoms with Gasteiger partial charge < -0.3 is 10.6 Å². The fourth-order valence-electron chi connectivity index (χ4n) is 2.42. The van der Waals surface area contributed by atoms with Crippen molar-refractivity contribution in [1.29, 1.82) is 0 Å². The third-order valence-electron chi connectivity index (χ3n) is 3.46. The number of rotatable bonds is 2. The van der Waals surface area contributed by atoms with Crippen molar-refractivity contribution in [2.75, 3.05) is 23.7 Å². The van der Waals surface area contributed by atoms with Crippen molar-refractivity contribution >= 4 is 33.2 Å². The van der Waals surface area contributed by atoms with Gasteiger partial charge in [0.1, 0.15) is 16.1 Å². The van der Waals surface area contributed by atoms with Gasteiger partial charge in [0.15, 0.2) is 5.65 Å². The van der Waals surface area contributed by atoms with Crippen LogP contribution in [0.5, 0.6) is 0 Å². The van der Waals surface area contributed by atoms with Crippen LogP contribution in [0.25, 0.3) is 5.65 Å². The normalized spacial score (nSPS) is 15.8. The Morgan fingerprint density at radius 3 is 2.78 bits per heavy atom. The van der Waals surface area contributed by atoms with Gasteiger partial charge in [0.05, 0.1) is 6.20 Å². The van der Waals surface area contributed by atoms with Crippen molar-refractivity contribution in [3.8, 4) is 0 Å². The van der Waals surface area contributed by atoms with E-state index in [1.165, 1.54) is 12.8 Å². The zero-order chi connectivity index (χ0) is 12.7. The zero-order valence-corrected chi connectivity index (χ0v) is 11.9. The maximum Gasteiger partial charge on any atom is 0.162 e. The lowest BCUT2D eigenvalue weighted by molar-refractivity contribution is 0.898. The number of hydrogen-bond donors (Lipinski definition) is 1. The largest absolute Gasteiger partial charge is 0.383 e. The van der Waals surface area contributed by atoms with E-state index >= 15 is 0 Å². The minimum atomic E-state index is 0.626. The Morgan fingerprint density at radius 2 is 2.11 bits per heavy atom. The van der Waals surface area contributed by atoms with Crippen LogP contribution >= 0.6 is 15.9 Å². The first-order valence-electron chi connectivity index (χ1n) is 6.29. The molecule has 2 N–H and O–H groups in total. The van der Waals surface area contributed by atoms with E-state index in [4.69, 9.17) is 10.7 Å². The fraction of sp³-hybridized carbons (Fsp3) is 0.500. The predicted octanol–water partition coefficient (Wildman–Crippen LogP) is 2.24. The molecule has 0 saturated carbocycles. The SMILES string of the molecule is CCc1cnn2c(N)c(Br)c(N3CCCC3)nc12. The Balaban J connectivity index is 2.21. The van der Waals surface area contributed by atoms with Crippen LogP contribution in [-0.2, 0) is 6.42 Å². The van der Waals surface area contributed by atoms with Gasteiger partial charge in [0.2, 0.25) is 0 Å². The Morgan fingerprint density at radius 1 is 1.39 bits per heavy atom. The van der Waals surface area contributed by atoms with Gasteiger partial charge in [0, 0.05) is 18.7 Å². The molecule has 2 aromatic heterocycles. The van der Waals surface area contributed by atoms with Gasteiger partial charge in [-0.2, -0.15) is 9.61 Å². The molecule has 3 rings (SSSR count). The van der Waals surface area contributed by atoms with Gasteiger partial charge >= 0.3 is 0 Å². The highest BCUT2D eigenvalue weighted by molar-refractivity contribution is 9.10. The minimum Gasteiger partial charge on any atom is -0.383 e. The van der Waals surface area contributed by atoms with Crippen LogP contribution in [0, 0.1) is 0 Å². The number of nitrogens with two attached hydrogens (primary N) is 1. The molecule has 0 amide bonds. The highest BCUT2D eigenvalue weighted by Gasteiger charge is 2.21. The maximum absolute atomic E-state index is 6.14. The van der Waals surface area contributed by atoms with Crippen LogP contribution in [0.1, 0.15) is 25.3 Å². The number of halogens is 1. The molecule has 0 atom stereocenters. The Bertz CT molecular complexity index is 586. The van der Waals surface area contributed by atoms with Crippen LogP contribution in [0.2, 0.25) is 0 Å². The Kier molecular flexibility index (Phi) is 2.89. The molecular weight excluding hydrogens is 294 g/mol. The monoisotopic (exact) mass is 309 g/mol. The van der Waals surface area contributed by atoms with Crippen molar-refractivity contribution in [2.24, 2.45) is 0 Å². The van der Waals surface area contributed by atoms with E-state index < -0.39 is 0 Å². The lowest BCUT2D eigenvalue weighted by Gasteiger charge is -2.19. The highest BCUT2D eigenvalue weighted by atomic mass is 79.9. The van der Waals surface area contributed by atoms with E-state index in [9.17, 15) is 0 Å². The molecule has 3 heterocycles. The number of hydrogen-bond acceptors (Lipinski definition) is 4. The summed E-state index contributed by atoms with van der Waals surface area (Å²) in [6.45, 7) is 4.21. The first-order chi connectivity index (χ1) is 8.72. The summed E-state index contributed by atoms with van der Waals surface area (Å²) in [6.07, 6.45) is 5.20. The second kappa shape index (κ2) is 4.42. The topological polar surface area (TPSA) is 59.5 Å². The first-order valence-corrected chi connectivity index (χ1v) is 7.08. The third-order valence-corrected chi connectivity index (χ3v) is 4.23. The Hall–Kier alpha value is -1.30. The predicted molar refractivity (Wildman–Crippen MR) is 75.9 cm³/mol. The number of anilines is 2. The molecule has 0 radical (unpaired) electrons. The highest BCUT2D eigenvalue weighted by Crippen LogP contribution is 2.33. The zero-order valence-electron chi connectivity index (χ0n) is 10.4. The van der Waals surface area contributed by atoms with Gasteiger partial charge in [-0.05, 0) is 35.2 Å². The lowest BCUT2D eigenvalue weighted by atomic mass is 10.3. The molecule has 1 fully saturated rings. The van der Waals surface area contributed by atoms with Crippen LogP contribution in [0.4, 0.5) is 11.6 Å². The van der Waals surface area contributed by atoms with Crippen LogP contribution < -0.4 is 10.6 Å². The number of nitrogens with zero attached hydrogens (tertiary/aromatic N) is 4. The van der Waals surface area contributed by atoms with Gasteiger partial charge in [-0.1, -0.05) is 6.92 Å². The van der Waals surface area contributed by atoms with E-state index in [2.05, 4.69) is 32.9 Å². The number of fused-ring (bicyclic) bond motifs is 1. The number of nitrogen functional groups attached to an aromatic ring is 1. The van der Waals surface area contributed by atoms with Gasteiger partial charge in [0.25, 0.3) is 0 Å². The molecule has 5 nitrogen and oxygen atoms in total. The molecule has 18 heavy (non-hydrogen) atoms. The van der Waals surface area contributed by atoms with Gasteiger partial charge in [-0.15, -0.1) is 0 Å². The molecule has 96 valence electrons. The second-order valence-electron chi connectivity index (χ2n) is 4.59. The maximum atomic E-state index is 6.14. The molecule has 1 saturated heterocycles. The molecule has 6 heteroatoms. The molecule has 1 aliphatic rings. The smallest absolute Gasteiger partial charge is 0.162 e. The number of aromatic nitrogens is 3. The summed E-state index contributed by atoms with van der Waals surface area (Å²) in [6, 6.07) is 0. The molecule has 0 aromatic carbocycles. The van der Waals surface area contributed by atoms with E-state index in [0.29, 0.717) is 5.82 Å². The van der Waals surface area contributed by atoms with E-state index in [1.807, 2.05) is 6.20 Å². The fourth-order valence-corrected chi connectivity index (χ4v) is 2.92. The molecule has 0 spiro atoms. The average Bonchev–Trinajstić information content (AvgIpc) is 3.01. The van der Waals surface area contributed by atoms with E-state index in [-0.39, 0.29) is 0 Å². The summed E-state index contributed by atoms with van der Waals surface area (Å²) in [4.78, 5) is 7.03. The average molecular weight is 310 g/mol. The number of aryl methyl sites for hydroxylation is 1. The summed E-state index contributed by atoms with van der Waals surface area (Å²) >= 11 is 3.55. The van der Waals surface area contributed by atoms with Gasteiger partial charge in [-0.3, -0.25) is 0 Å². The summed E-state index contributed by atoms with van der Waals surface area (Å²) in [5, 5.41) is 4.30. The summed E-state index contributed by atoms with van der Waals surface area (Å²) in [5.41, 5.74) is 8.15.